The Bertz CT molecular complexity index is 1050. The number of imide groups is 1. The zero-order valence-corrected chi connectivity index (χ0v) is 19.9. The Morgan fingerprint density at radius 3 is 2.56 bits per heavy atom. The second-order valence-corrected chi connectivity index (χ2v) is 9.55. The number of nitrogens with zero attached hydrogens (tertiary/aromatic N) is 5. The van der Waals surface area contributed by atoms with Crippen molar-refractivity contribution in [1.82, 2.24) is 29.7 Å². The van der Waals surface area contributed by atoms with Crippen molar-refractivity contribution >= 4 is 36.4 Å². The standard InChI is InChI=1S/C20H30N7O6P/c1-15(33-14-34(30,31)32)11-26-13-25-18-19(23-12-24-20(18)26)22-9-8-21-7-3-2-4-10-27-16(28)5-6-17(27)29/h5-6,12-13,15,21H,2-4,7-11,14H2,1H3,(H,22,23,24)(H2,30,31,32). The minimum Gasteiger partial charge on any atom is -0.367 e. The Kier molecular flexibility index (Phi) is 9.25. The first-order valence-corrected chi connectivity index (χ1v) is 12.8. The van der Waals surface area contributed by atoms with Crippen molar-refractivity contribution in [1.29, 1.82) is 0 Å². The van der Waals surface area contributed by atoms with Crippen molar-refractivity contribution < 1.29 is 28.7 Å². The fraction of sp³-hybridized carbons (Fsp3) is 0.550. The molecule has 2 aromatic rings. The van der Waals surface area contributed by atoms with Gasteiger partial charge in [0.15, 0.2) is 11.5 Å². The lowest BCUT2D eigenvalue weighted by atomic mass is 10.2. The number of aromatic nitrogens is 4. The van der Waals surface area contributed by atoms with Crippen LogP contribution in [0.5, 0.6) is 0 Å². The van der Waals surface area contributed by atoms with Crippen LogP contribution >= 0.6 is 7.60 Å². The second-order valence-electron chi connectivity index (χ2n) is 7.96. The van der Waals surface area contributed by atoms with E-state index in [4.69, 9.17) is 14.5 Å². The van der Waals surface area contributed by atoms with Crippen LogP contribution in [-0.4, -0.2) is 84.7 Å². The molecule has 1 atom stereocenters. The highest BCUT2D eigenvalue weighted by Gasteiger charge is 2.22. The highest BCUT2D eigenvalue weighted by Crippen LogP contribution is 2.34. The summed E-state index contributed by atoms with van der Waals surface area (Å²) in [6.07, 6.45) is 7.20. The third-order valence-corrected chi connectivity index (χ3v) is 5.60. The molecule has 34 heavy (non-hydrogen) atoms. The number of imidazole rings is 1. The fourth-order valence-electron chi connectivity index (χ4n) is 3.44. The van der Waals surface area contributed by atoms with E-state index >= 15 is 0 Å². The highest BCUT2D eigenvalue weighted by molar-refractivity contribution is 7.51. The minimum absolute atomic E-state index is 0.236. The molecule has 2 aromatic heterocycles. The van der Waals surface area contributed by atoms with Gasteiger partial charge in [0.05, 0.1) is 19.0 Å². The largest absolute Gasteiger partial charge is 0.367 e. The fourth-order valence-corrected chi connectivity index (χ4v) is 3.89. The van der Waals surface area contributed by atoms with Crippen molar-refractivity contribution in [3.05, 3.63) is 24.8 Å². The van der Waals surface area contributed by atoms with E-state index in [1.54, 1.807) is 17.8 Å². The summed E-state index contributed by atoms with van der Waals surface area (Å²) in [6.45, 7) is 4.68. The molecule has 186 valence electrons. The van der Waals surface area contributed by atoms with Crippen LogP contribution in [-0.2, 0) is 25.4 Å². The van der Waals surface area contributed by atoms with Crippen molar-refractivity contribution in [2.24, 2.45) is 0 Å². The first-order valence-electron chi connectivity index (χ1n) is 11.0. The molecule has 0 saturated carbocycles. The van der Waals surface area contributed by atoms with E-state index in [9.17, 15) is 14.2 Å². The Balaban J connectivity index is 1.34. The monoisotopic (exact) mass is 495 g/mol. The van der Waals surface area contributed by atoms with Gasteiger partial charge in [-0.1, -0.05) is 6.42 Å². The van der Waals surface area contributed by atoms with Crippen LogP contribution < -0.4 is 10.6 Å². The van der Waals surface area contributed by atoms with Gasteiger partial charge in [0, 0.05) is 31.8 Å². The first-order chi connectivity index (χ1) is 16.2. The summed E-state index contributed by atoms with van der Waals surface area (Å²) >= 11 is 0. The summed E-state index contributed by atoms with van der Waals surface area (Å²) in [4.78, 5) is 55.0. The lowest BCUT2D eigenvalue weighted by Crippen LogP contribution is -2.31. The predicted molar refractivity (Wildman–Crippen MR) is 124 cm³/mol. The molecule has 2 amide bonds. The average Bonchev–Trinajstić information content (AvgIpc) is 3.34. The zero-order chi connectivity index (χ0) is 24.6. The number of anilines is 1. The molecular formula is C20H30N7O6P. The molecule has 3 rings (SSSR count). The van der Waals surface area contributed by atoms with Gasteiger partial charge in [0.1, 0.15) is 18.2 Å². The van der Waals surface area contributed by atoms with E-state index in [0.29, 0.717) is 43.2 Å². The molecular weight excluding hydrogens is 465 g/mol. The molecule has 0 aromatic carbocycles. The number of hydrogen-bond acceptors (Lipinski definition) is 9. The number of carbonyl (C=O) groups excluding carboxylic acids is 2. The molecule has 0 radical (unpaired) electrons. The molecule has 0 spiro atoms. The van der Waals surface area contributed by atoms with Crippen LogP contribution in [0.15, 0.2) is 24.8 Å². The van der Waals surface area contributed by atoms with Crippen molar-refractivity contribution in [3.8, 4) is 0 Å². The maximum Gasteiger partial charge on any atom is 0.350 e. The van der Waals surface area contributed by atoms with E-state index in [-0.39, 0.29) is 11.8 Å². The number of nitrogens with one attached hydrogen (secondary N) is 2. The SMILES string of the molecule is CC(Cn1cnc2c(NCCNCCCCCN3C(=O)C=CC3=O)ncnc21)OCP(=O)(O)O. The molecule has 3 heterocycles. The molecule has 0 aliphatic carbocycles. The highest BCUT2D eigenvalue weighted by atomic mass is 31.2. The lowest BCUT2D eigenvalue weighted by molar-refractivity contribution is -0.136. The van der Waals surface area contributed by atoms with Crippen LogP contribution in [0, 0.1) is 0 Å². The van der Waals surface area contributed by atoms with Crippen molar-refractivity contribution in [2.45, 2.75) is 38.8 Å². The average molecular weight is 495 g/mol. The van der Waals surface area contributed by atoms with Gasteiger partial charge in [0.25, 0.3) is 11.8 Å². The number of carbonyl (C=O) groups is 2. The number of amides is 2. The summed E-state index contributed by atoms with van der Waals surface area (Å²) in [5.74, 6) is 0.129. The van der Waals surface area contributed by atoms with Gasteiger partial charge in [-0.15, -0.1) is 0 Å². The van der Waals surface area contributed by atoms with Crippen LogP contribution in [0.2, 0.25) is 0 Å². The van der Waals surface area contributed by atoms with Gasteiger partial charge < -0.3 is 29.7 Å². The van der Waals surface area contributed by atoms with E-state index in [1.807, 2.05) is 0 Å². The third kappa shape index (κ3) is 7.67. The van der Waals surface area contributed by atoms with E-state index in [2.05, 4.69) is 25.6 Å². The minimum atomic E-state index is -4.22. The number of hydrogen-bond donors (Lipinski definition) is 4. The summed E-state index contributed by atoms with van der Waals surface area (Å²) in [5.41, 5.74) is 1.20. The Morgan fingerprint density at radius 2 is 1.82 bits per heavy atom. The maximum absolute atomic E-state index is 11.5. The van der Waals surface area contributed by atoms with E-state index < -0.39 is 20.0 Å². The quantitative estimate of drug-likeness (QED) is 0.154. The lowest BCUT2D eigenvalue weighted by Gasteiger charge is -2.14. The van der Waals surface area contributed by atoms with Crippen LogP contribution in [0.1, 0.15) is 26.2 Å². The smallest absolute Gasteiger partial charge is 0.350 e. The molecule has 13 nitrogen and oxygen atoms in total. The Labute approximate surface area is 196 Å². The Morgan fingerprint density at radius 1 is 1.06 bits per heavy atom. The van der Waals surface area contributed by atoms with Gasteiger partial charge in [-0.3, -0.25) is 19.1 Å². The number of fused-ring (bicyclic) bond motifs is 1. The summed E-state index contributed by atoms with van der Waals surface area (Å²) < 4.78 is 17.9. The predicted octanol–water partition coefficient (Wildman–Crippen LogP) is 0.463. The summed E-state index contributed by atoms with van der Waals surface area (Å²) in [5, 5.41) is 6.57. The van der Waals surface area contributed by atoms with Crippen LogP contribution in [0.4, 0.5) is 5.82 Å². The van der Waals surface area contributed by atoms with Gasteiger partial charge in [-0.2, -0.15) is 0 Å². The molecule has 0 bridgehead atoms. The topological polar surface area (TPSA) is 172 Å². The third-order valence-electron chi connectivity index (χ3n) is 5.11. The number of unbranched alkanes of at least 4 members (excludes halogenated alkanes) is 2. The normalized spacial score (nSPS) is 15.0. The van der Waals surface area contributed by atoms with Crippen molar-refractivity contribution in [3.63, 3.8) is 0 Å². The number of ether oxygens (including phenoxy) is 1. The van der Waals surface area contributed by atoms with E-state index in [0.717, 1.165) is 25.8 Å². The molecule has 1 unspecified atom stereocenters. The van der Waals surface area contributed by atoms with Crippen LogP contribution in [0.25, 0.3) is 11.2 Å². The molecule has 0 fully saturated rings. The number of rotatable bonds is 15. The van der Waals surface area contributed by atoms with Gasteiger partial charge in [-0.25, -0.2) is 15.0 Å². The second kappa shape index (κ2) is 12.1. The molecule has 1 aliphatic rings. The molecule has 14 heteroatoms. The van der Waals surface area contributed by atoms with Gasteiger partial charge in [-0.05, 0) is 26.3 Å². The summed E-state index contributed by atoms with van der Waals surface area (Å²) in [6, 6.07) is 0. The summed E-state index contributed by atoms with van der Waals surface area (Å²) in [7, 11) is -4.22. The maximum atomic E-state index is 11.5. The molecule has 0 saturated heterocycles. The van der Waals surface area contributed by atoms with Crippen LogP contribution in [0.3, 0.4) is 0 Å². The van der Waals surface area contributed by atoms with Crippen molar-refractivity contribution in [2.75, 3.05) is 37.8 Å². The zero-order valence-electron chi connectivity index (χ0n) is 19.0. The Hall–Kier alpha value is -2.70. The van der Waals surface area contributed by atoms with E-state index in [1.165, 1.54) is 23.4 Å². The molecule has 4 N–H and O–H groups in total. The van der Waals surface area contributed by atoms with Gasteiger partial charge in [0.2, 0.25) is 0 Å². The molecule has 1 aliphatic heterocycles. The van der Waals surface area contributed by atoms with Gasteiger partial charge >= 0.3 is 7.60 Å². The first kappa shape index (κ1) is 25.9.